The van der Waals surface area contributed by atoms with Gasteiger partial charge in [0.1, 0.15) is 22.8 Å². The molecule has 1 aliphatic heterocycles. The average molecular weight is 385 g/mol. The van der Waals surface area contributed by atoms with Crippen molar-refractivity contribution in [3.8, 4) is 17.2 Å². The highest BCUT2D eigenvalue weighted by Gasteiger charge is 2.37. The van der Waals surface area contributed by atoms with Crippen LogP contribution in [0.3, 0.4) is 0 Å². The van der Waals surface area contributed by atoms with Gasteiger partial charge in [-0.2, -0.15) is 0 Å². The van der Waals surface area contributed by atoms with Crippen molar-refractivity contribution < 1.29 is 34.2 Å². The number of benzene rings is 2. The number of rotatable bonds is 5. The molecule has 3 rings (SSSR count). The first-order chi connectivity index (χ1) is 13.4. The summed E-state index contributed by atoms with van der Waals surface area (Å²) in [4.78, 5) is 24.4. The fraction of sp³-hybridized carbons (Fsp3) is 0.263. The van der Waals surface area contributed by atoms with E-state index >= 15 is 0 Å². The van der Waals surface area contributed by atoms with Crippen LogP contribution in [-0.4, -0.2) is 46.8 Å². The Morgan fingerprint density at radius 3 is 2.82 bits per heavy atom. The van der Waals surface area contributed by atoms with Gasteiger partial charge in [-0.05, 0) is 43.2 Å². The van der Waals surface area contributed by atoms with Gasteiger partial charge in [-0.3, -0.25) is 4.79 Å². The standard InChI is InChI=1S/C19H20BNO7/c1-2-27-19(25)14-5-3-4-11-9-16(20(26)28-18(11)14)21-17(24)10-12-8-13(22)6-7-15(12)23/h3-8,16,22-23,26H,2,9-10H2,1H3,(H,21,24)/t16-/m0/s1. The second kappa shape index (κ2) is 8.22. The average Bonchev–Trinajstić information content (AvgIpc) is 2.65. The number of phenols is 2. The second-order valence-corrected chi connectivity index (χ2v) is 6.39. The fourth-order valence-corrected chi connectivity index (χ4v) is 3.06. The number of carbonyl (C=O) groups is 2. The molecule has 0 spiro atoms. The quantitative estimate of drug-likeness (QED) is 0.343. The molecule has 0 aromatic heterocycles. The van der Waals surface area contributed by atoms with Crippen LogP contribution in [0.15, 0.2) is 36.4 Å². The lowest BCUT2D eigenvalue weighted by Gasteiger charge is -2.29. The van der Waals surface area contributed by atoms with Crippen molar-refractivity contribution in [3.63, 3.8) is 0 Å². The van der Waals surface area contributed by atoms with Crippen molar-refractivity contribution in [2.45, 2.75) is 25.7 Å². The largest absolute Gasteiger partial charge is 0.547 e. The van der Waals surface area contributed by atoms with Crippen LogP contribution in [-0.2, 0) is 22.4 Å². The fourth-order valence-electron chi connectivity index (χ4n) is 3.06. The summed E-state index contributed by atoms with van der Waals surface area (Å²) in [6, 6.07) is 8.87. The van der Waals surface area contributed by atoms with Gasteiger partial charge in [0, 0.05) is 5.56 Å². The number of hydrogen-bond acceptors (Lipinski definition) is 7. The monoisotopic (exact) mass is 385 g/mol. The Balaban J connectivity index is 1.72. The summed E-state index contributed by atoms with van der Waals surface area (Å²) in [7, 11) is -1.36. The number of fused-ring (bicyclic) bond motifs is 1. The molecule has 0 radical (unpaired) electrons. The van der Waals surface area contributed by atoms with E-state index in [1.54, 1.807) is 25.1 Å². The first kappa shape index (κ1) is 19.6. The minimum atomic E-state index is -1.36. The van der Waals surface area contributed by atoms with E-state index in [2.05, 4.69) is 5.32 Å². The molecule has 8 nitrogen and oxygen atoms in total. The lowest BCUT2D eigenvalue weighted by molar-refractivity contribution is -0.120. The summed E-state index contributed by atoms with van der Waals surface area (Å²) < 4.78 is 10.5. The van der Waals surface area contributed by atoms with E-state index in [4.69, 9.17) is 9.39 Å². The Bertz CT molecular complexity index is 902. The Morgan fingerprint density at radius 2 is 2.07 bits per heavy atom. The maximum absolute atomic E-state index is 12.3. The third-order valence-electron chi connectivity index (χ3n) is 4.38. The normalized spacial score (nSPS) is 15.4. The SMILES string of the molecule is CCOC(=O)c1cccc2c1OB(O)[C@@H](NC(=O)Cc1cc(O)ccc1O)C2. The van der Waals surface area contributed by atoms with E-state index in [1.807, 2.05) is 0 Å². The zero-order chi connectivity index (χ0) is 20.3. The molecule has 9 heteroatoms. The Morgan fingerprint density at radius 1 is 1.29 bits per heavy atom. The zero-order valence-electron chi connectivity index (χ0n) is 15.2. The summed E-state index contributed by atoms with van der Waals surface area (Å²) in [5.74, 6) is -1.69. The van der Waals surface area contributed by atoms with E-state index in [-0.39, 0.29) is 47.8 Å². The molecular weight excluding hydrogens is 365 g/mol. The third-order valence-corrected chi connectivity index (χ3v) is 4.38. The Labute approximate surface area is 161 Å². The van der Waals surface area contributed by atoms with Crippen molar-refractivity contribution in [1.29, 1.82) is 0 Å². The molecule has 0 fully saturated rings. The number of aromatic hydroxyl groups is 2. The van der Waals surface area contributed by atoms with Gasteiger partial charge in [-0.25, -0.2) is 4.79 Å². The van der Waals surface area contributed by atoms with Gasteiger partial charge in [0.05, 0.1) is 19.0 Å². The van der Waals surface area contributed by atoms with Gasteiger partial charge in [-0.1, -0.05) is 12.1 Å². The van der Waals surface area contributed by atoms with Gasteiger partial charge in [0.15, 0.2) is 0 Å². The van der Waals surface area contributed by atoms with E-state index in [0.29, 0.717) is 5.56 Å². The molecule has 0 bridgehead atoms. The minimum absolute atomic E-state index is 0.0675. The Kier molecular flexibility index (Phi) is 5.74. The van der Waals surface area contributed by atoms with Gasteiger partial charge < -0.3 is 29.9 Å². The Hall–Kier alpha value is -3.20. The second-order valence-electron chi connectivity index (χ2n) is 6.39. The maximum atomic E-state index is 12.3. The summed E-state index contributed by atoms with van der Waals surface area (Å²) in [6.45, 7) is 1.91. The minimum Gasteiger partial charge on any atom is -0.534 e. The molecule has 1 heterocycles. The molecule has 1 amide bonds. The number of para-hydroxylation sites is 1. The van der Waals surface area contributed by atoms with Crippen molar-refractivity contribution in [2.24, 2.45) is 0 Å². The molecular formula is C19H20BNO7. The molecule has 1 aliphatic rings. The predicted molar refractivity (Wildman–Crippen MR) is 100 cm³/mol. The predicted octanol–water partition coefficient (Wildman–Crippen LogP) is 0.957. The topological polar surface area (TPSA) is 125 Å². The van der Waals surface area contributed by atoms with Crippen LogP contribution in [0.25, 0.3) is 0 Å². The first-order valence-electron chi connectivity index (χ1n) is 8.83. The number of nitrogens with one attached hydrogen (secondary N) is 1. The summed E-state index contributed by atoms with van der Waals surface area (Å²) in [5, 5.41) is 32.2. The van der Waals surface area contributed by atoms with Crippen LogP contribution in [0.5, 0.6) is 17.2 Å². The highest BCUT2D eigenvalue weighted by molar-refractivity contribution is 6.47. The smallest absolute Gasteiger partial charge is 0.534 e. The molecule has 1 atom stereocenters. The van der Waals surface area contributed by atoms with E-state index in [0.717, 1.165) is 0 Å². The first-order valence-corrected chi connectivity index (χ1v) is 8.83. The lowest BCUT2D eigenvalue weighted by Crippen LogP contribution is -2.53. The molecule has 0 saturated carbocycles. The van der Waals surface area contributed by atoms with Crippen LogP contribution in [0.1, 0.15) is 28.4 Å². The molecule has 0 saturated heterocycles. The maximum Gasteiger partial charge on any atom is 0.547 e. The zero-order valence-corrected chi connectivity index (χ0v) is 15.2. The summed E-state index contributed by atoms with van der Waals surface area (Å²) >= 11 is 0. The van der Waals surface area contributed by atoms with Crippen molar-refractivity contribution in [3.05, 3.63) is 53.1 Å². The van der Waals surface area contributed by atoms with E-state index in [9.17, 15) is 24.8 Å². The number of phenolic OH excluding ortho intramolecular Hbond substituents is 2. The van der Waals surface area contributed by atoms with Crippen LogP contribution in [0, 0.1) is 0 Å². The van der Waals surface area contributed by atoms with E-state index < -0.39 is 24.9 Å². The van der Waals surface area contributed by atoms with Crippen LogP contribution < -0.4 is 9.97 Å². The molecule has 4 N–H and O–H groups in total. The number of hydrogen-bond donors (Lipinski definition) is 4. The van der Waals surface area contributed by atoms with Gasteiger partial charge in [0.2, 0.25) is 5.91 Å². The highest BCUT2D eigenvalue weighted by atomic mass is 16.5. The highest BCUT2D eigenvalue weighted by Crippen LogP contribution is 2.31. The lowest BCUT2D eigenvalue weighted by atomic mass is 9.72. The van der Waals surface area contributed by atoms with Crippen LogP contribution in [0.2, 0.25) is 0 Å². The molecule has 0 unspecified atom stereocenters. The molecule has 0 aliphatic carbocycles. The van der Waals surface area contributed by atoms with Crippen molar-refractivity contribution >= 4 is 19.0 Å². The number of esters is 1. The van der Waals surface area contributed by atoms with Gasteiger partial charge in [-0.15, -0.1) is 0 Å². The summed E-state index contributed by atoms with van der Waals surface area (Å²) in [6.07, 6.45) is 0.0701. The molecule has 28 heavy (non-hydrogen) atoms. The molecule has 146 valence electrons. The van der Waals surface area contributed by atoms with E-state index in [1.165, 1.54) is 18.2 Å². The van der Waals surface area contributed by atoms with Crippen LogP contribution in [0.4, 0.5) is 0 Å². The third kappa shape index (κ3) is 4.20. The van der Waals surface area contributed by atoms with Crippen LogP contribution >= 0.6 is 0 Å². The summed E-state index contributed by atoms with van der Waals surface area (Å²) in [5.41, 5.74) is 1.13. The number of carbonyl (C=O) groups excluding carboxylic acids is 2. The van der Waals surface area contributed by atoms with Gasteiger partial charge in [0.25, 0.3) is 0 Å². The van der Waals surface area contributed by atoms with Crippen molar-refractivity contribution in [1.82, 2.24) is 5.32 Å². The van der Waals surface area contributed by atoms with Crippen molar-refractivity contribution in [2.75, 3.05) is 6.61 Å². The number of amides is 1. The van der Waals surface area contributed by atoms with Gasteiger partial charge >= 0.3 is 13.1 Å². The molecule has 2 aromatic rings. The number of ether oxygens (including phenoxy) is 1. The molecule has 2 aromatic carbocycles.